The first-order chi connectivity index (χ1) is 12.5. The minimum absolute atomic E-state index is 0.113. The molecule has 26 heavy (non-hydrogen) atoms. The molecule has 1 heterocycles. The van der Waals surface area contributed by atoms with Crippen molar-refractivity contribution in [3.63, 3.8) is 0 Å². The number of likely N-dealkylation sites (N-methyl/N-ethyl adjacent to an activating group) is 1. The fourth-order valence-corrected chi connectivity index (χ4v) is 3.72. The zero-order chi connectivity index (χ0) is 18.9. The third-order valence-electron chi connectivity index (χ3n) is 4.68. The number of thioether (sulfide) groups is 1. The number of anilines is 1. The van der Waals surface area contributed by atoms with Crippen molar-refractivity contribution >= 4 is 29.4 Å². The molecule has 1 aromatic carbocycles. The Morgan fingerprint density at radius 1 is 1.23 bits per heavy atom. The molecule has 3 N–H and O–H groups in total. The van der Waals surface area contributed by atoms with Crippen LogP contribution in [0.3, 0.4) is 0 Å². The highest BCUT2D eigenvalue weighted by atomic mass is 32.2. The first-order valence-corrected chi connectivity index (χ1v) is 10.5. The molecule has 2 rings (SSSR count). The second-order valence-electron chi connectivity index (χ2n) is 6.75. The van der Waals surface area contributed by atoms with Gasteiger partial charge in [-0.05, 0) is 55.4 Å². The molecule has 1 fully saturated rings. The van der Waals surface area contributed by atoms with Gasteiger partial charge >= 0.3 is 6.03 Å². The maximum Gasteiger partial charge on any atom is 0.312 e. The van der Waals surface area contributed by atoms with Gasteiger partial charge in [-0.15, -0.1) is 0 Å². The molecule has 1 saturated heterocycles. The summed E-state index contributed by atoms with van der Waals surface area (Å²) in [6.45, 7) is 2.75. The van der Waals surface area contributed by atoms with Crippen molar-refractivity contribution in [2.24, 2.45) is 5.73 Å². The van der Waals surface area contributed by atoms with E-state index in [0.717, 1.165) is 24.4 Å². The Balaban J connectivity index is 1.94. The molecule has 7 heteroatoms. The van der Waals surface area contributed by atoms with Crippen LogP contribution in [0.25, 0.3) is 0 Å². The molecule has 0 radical (unpaired) electrons. The van der Waals surface area contributed by atoms with E-state index >= 15 is 0 Å². The molecule has 1 aromatic rings. The first kappa shape index (κ1) is 20.4. The van der Waals surface area contributed by atoms with Gasteiger partial charge in [-0.25, -0.2) is 4.79 Å². The van der Waals surface area contributed by atoms with Crippen LogP contribution in [0.2, 0.25) is 0 Å². The fraction of sp³-hybridized carbons (Fsp3) is 0.579. The number of urea groups is 1. The molecule has 0 aliphatic carbocycles. The predicted molar refractivity (Wildman–Crippen MR) is 108 cm³/mol. The lowest BCUT2D eigenvalue weighted by atomic mass is 10.1. The summed E-state index contributed by atoms with van der Waals surface area (Å²) in [5, 5.41) is 2.56. The number of amides is 3. The summed E-state index contributed by atoms with van der Waals surface area (Å²) < 4.78 is 0. The largest absolute Gasteiger partial charge is 0.372 e. The number of piperidine rings is 1. The molecule has 1 aliphatic rings. The van der Waals surface area contributed by atoms with Gasteiger partial charge in [-0.3, -0.25) is 4.79 Å². The predicted octanol–water partition coefficient (Wildman–Crippen LogP) is 2.43. The molecule has 1 aliphatic heterocycles. The van der Waals surface area contributed by atoms with Crippen LogP contribution in [-0.4, -0.2) is 55.0 Å². The van der Waals surface area contributed by atoms with Crippen molar-refractivity contribution in [3.05, 3.63) is 29.8 Å². The van der Waals surface area contributed by atoms with Crippen molar-refractivity contribution in [2.75, 3.05) is 37.0 Å². The van der Waals surface area contributed by atoms with Gasteiger partial charge in [0.05, 0.1) is 0 Å². The van der Waals surface area contributed by atoms with Crippen LogP contribution in [0, 0.1) is 0 Å². The van der Waals surface area contributed by atoms with Crippen molar-refractivity contribution in [3.8, 4) is 0 Å². The minimum atomic E-state index is -0.663. The van der Waals surface area contributed by atoms with Gasteiger partial charge in [0.1, 0.15) is 6.04 Å². The average molecular weight is 379 g/mol. The zero-order valence-corrected chi connectivity index (χ0v) is 16.6. The van der Waals surface area contributed by atoms with E-state index in [9.17, 15) is 9.59 Å². The highest BCUT2D eigenvalue weighted by Gasteiger charge is 2.23. The minimum Gasteiger partial charge on any atom is -0.372 e. The highest BCUT2D eigenvalue weighted by Crippen LogP contribution is 2.20. The van der Waals surface area contributed by atoms with E-state index in [-0.39, 0.29) is 5.91 Å². The molecule has 0 spiro atoms. The number of primary amides is 1. The van der Waals surface area contributed by atoms with Crippen LogP contribution in [0.5, 0.6) is 0 Å². The Morgan fingerprint density at radius 3 is 2.46 bits per heavy atom. The molecule has 144 valence electrons. The van der Waals surface area contributed by atoms with Crippen LogP contribution < -0.4 is 16.0 Å². The normalized spacial score (nSPS) is 15.4. The quantitative estimate of drug-likeness (QED) is 0.728. The monoisotopic (exact) mass is 378 g/mol. The lowest BCUT2D eigenvalue weighted by Crippen LogP contribution is -2.49. The molecule has 1 atom stereocenters. The number of hydrogen-bond donors (Lipinski definition) is 2. The topological polar surface area (TPSA) is 78.7 Å². The number of nitrogens with one attached hydrogen (secondary N) is 1. The number of rotatable bonds is 8. The van der Waals surface area contributed by atoms with Crippen LogP contribution in [-0.2, 0) is 11.3 Å². The van der Waals surface area contributed by atoms with Gasteiger partial charge in [0.2, 0.25) is 5.91 Å². The fourth-order valence-electron chi connectivity index (χ4n) is 3.25. The van der Waals surface area contributed by atoms with Gasteiger partial charge in [-0.1, -0.05) is 12.1 Å². The smallest absolute Gasteiger partial charge is 0.312 e. The molecular weight excluding hydrogens is 348 g/mol. The SMILES string of the molecule is CSCCC(NC(N)=O)C(=O)N(C)Cc1ccc(N2CCCCC2)cc1. The molecule has 0 aromatic heterocycles. The molecule has 3 amide bonds. The van der Waals surface area contributed by atoms with E-state index in [1.54, 1.807) is 23.7 Å². The van der Waals surface area contributed by atoms with Crippen molar-refractivity contribution in [2.45, 2.75) is 38.3 Å². The molecule has 0 bridgehead atoms. The summed E-state index contributed by atoms with van der Waals surface area (Å²) in [4.78, 5) is 27.9. The Hall–Kier alpha value is -1.89. The Morgan fingerprint density at radius 2 is 1.88 bits per heavy atom. The first-order valence-electron chi connectivity index (χ1n) is 9.15. The Labute approximate surface area is 160 Å². The van der Waals surface area contributed by atoms with Crippen LogP contribution in [0.4, 0.5) is 10.5 Å². The van der Waals surface area contributed by atoms with Gasteiger partial charge in [0.15, 0.2) is 0 Å². The maximum atomic E-state index is 12.6. The number of nitrogens with zero attached hydrogens (tertiary/aromatic N) is 2. The Bertz CT molecular complexity index is 588. The summed E-state index contributed by atoms with van der Waals surface area (Å²) in [5.41, 5.74) is 7.53. The number of benzene rings is 1. The highest BCUT2D eigenvalue weighted by molar-refractivity contribution is 7.98. The Kier molecular flexibility index (Phi) is 8.09. The third-order valence-corrected chi connectivity index (χ3v) is 5.32. The van der Waals surface area contributed by atoms with Gasteiger partial charge in [0.25, 0.3) is 0 Å². The third kappa shape index (κ3) is 6.12. The molecule has 0 saturated carbocycles. The van der Waals surface area contributed by atoms with Gasteiger partial charge in [0, 0.05) is 32.4 Å². The van der Waals surface area contributed by atoms with Crippen molar-refractivity contribution < 1.29 is 9.59 Å². The van der Waals surface area contributed by atoms with Crippen molar-refractivity contribution in [1.29, 1.82) is 0 Å². The van der Waals surface area contributed by atoms with Gasteiger partial charge < -0.3 is 20.9 Å². The molecular formula is C19H30N4O2S. The van der Waals surface area contributed by atoms with Crippen LogP contribution in [0.1, 0.15) is 31.2 Å². The standard InChI is InChI=1S/C19H30N4O2S/c1-22(18(24)17(10-13-26-2)21-19(20)25)14-15-6-8-16(9-7-15)23-11-4-3-5-12-23/h6-9,17H,3-5,10-14H2,1-2H3,(H3,20,21,25). The van der Waals surface area contributed by atoms with Crippen LogP contribution in [0.15, 0.2) is 24.3 Å². The van der Waals surface area contributed by atoms with Crippen LogP contribution >= 0.6 is 11.8 Å². The number of nitrogens with two attached hydrogens (primary N) is 1. The maximum absolute atomic E-state index is 12.6. The van der Waals surface area contributed by atoms with E-state index in [4.69, 9.17) is 5.73 Å². The summed E-state index contributed by atoms with van der Waals surface area (Å²) in [6.07, 6.45) is 6.37. The van der Waals surface area contributed by atoms with E-state index < -0.39 is 12.1 Å². The molecule has 1 unspecified atom stereocenters. The summed E-state index contributed by atoms with van der Waals surface area (Å²) in [7, 11) is 1.76. The number of carbonyl (C=O) groups excluding carboxylic acids is 2. The summed E-state index contributed by atoms with van der Waals surface area (Å²) in [5.74, 6) is 0.674. The lowest BCUT2D eigenvalue weighted by molar-refractivity contribution is -0.132. The van der Waals surface area contributed by atoms with Crippen molar-refractivity contribution in [1.82, 2.24) is 10.2 Å². The van der Waals surface area contributed by atoms with Gasteiger partial charge in [-0.2, -0.15) is 11.8 Å². The second-order valence-corrected chi connectivity index (χ2v) is 7.74. The zero-order valence-electron chi connectivity index (χ0n) is 15.7. The molecule has 6 nitrogen and oxygen atoms in total. The van der Waals surface area contributed by atoms with E-state index in [1.807, 2.05) is 6.26 Å². The summed E-state index contributed by atoms with van der Waals surface area (Å²) in [6, 6.07) is 7.18. The summed E-state index contributed by atoms with van der Waals surface area (Å²) >= 11 is 1.64. The van der Waals surface area contributed by atoms with E-state index in [2.05, 4.69) is 34.5 Å². The average Bonchev–Trinajstić information content (AvgIpc) is 2.65. The number of hydrogen-bond acceptors (Lipinski definition) is 4. The van der Waals surface area contributed by atoms with E-state index in [1.165, 1.54) is 24.9 Å². The number of carbonyl (C=O) groups is 2. The second kappa shape index (κ2) is 10.3. The van der Waals surface area contributed by atoms with E-state index in [0.29, 0.717) is 13.0 Å². The lowest BCUT2D eigenvalue weighted by Gasteiger charge is -2.29.